The number of benzene rings is 5. The van der Waals surface area contributed by atoms with Crippen LogP contribution >= 0.6 is 23.5 Å². The van der Waals surface area contributed by atoms with Crippen LogP contribution in [-0.4, -0.2) is 74.2 Å². The van der Waals surface area contributed by atoms with E-state index in [1.165, 1.54) is 79.9 Å². The van der Waals surface area contributed by atoms with Crippen molar-refractivity contribution >= 4 is 47.4 Å². The molecule has 1 heterocycles. The normalized spacial score (nSPS) is 13.1. The number of fused-ring (bicyclic) bond motifs is 1. The predicted molar refractivity (Wildman–Crippen MR) is 248 cm³/mol. The van der Waals surface area contributed by atoms with Crippen LogP contribution in [-0.2, 0) is 11.3 Å². The maximum Gasteiger partial charge on any atom is 0.347 e. The fourth-order valence-electron chi connectivity index (χ4n) is 6.11. The van der Waals surface area contributed by atoms with Crippen LogP contribution in [0.5, 0.6) is 40.2 Å². The summed E-state index contributed by atoms with van der Waals surface area (Å²) >= 11 is 2.00. The molecule has 5 aromatic rings. The summed E-state index contributed by atoms with van der Waals surface area (Å²) in [6.45, 7) is 11.7. The minimum absolute atomic E-state index is 0.00506. The van der Waals surface area contributed by atoms with Crippen LogP contribution < -0.4 is 33.2 Å². The average Bonchev–Trinajstić information content (AvgIpc) is 3.81. The number of hydrogen-bond donors (Lipinski definition) is 2. The quantitative estimate of drug-likeness (QED) is 0.0322. The number of ether oxygens (including phenoxy) is 8. The molecule has 350 valence electrons. The van der Waals surface area contributed by atoms with E-state index in [1.54, 1.807) is 31.4 Å². The van der Waals surface area contributed by atoms with Crippen LogP contribution in [0, 0.1) is 23.8 Å². The van der Waals surface area contributed by atoms with Gasteiger partial charge in [-0.1, -0.05) is 30.4 Å². The minimum atomic E-state index is -0.785. The molecule has 1 aliphatic rings. The number of esters is 4. The van der Waals surface area contributed by atoms with E-state index in [9.17, 15) is 34.7 Å². The van der Waals surface area contributed by atoms with Crippen LogP contribution in [0.25, 0.3) is 4.85 Å². The van der Waals surface area contributed by atoms with Gasteiger partial charge < -0.3 is 48.1 Å². The Morgan fingerprint density at radius 1 is 0.647 bits per heavy atom. The number of carbonyl (C=O) groups is 4. The summed E-state index contributed by atoms with van der Waals surface area (Å²) in [5, 5.41) is 28.8. The van der Waals surface area contributed by atoms with Gasteiger partial charge in [-0.15, -0.1) is 0 Å². The Morgan fingerprint density at radius 2 is 1.15 bits per heavy atom. The molecule has 1 aliphatic heterocycles. The molecule has 0 bridgehead atoms. The SMILES string of the molecule is [C-]#[N+]C(C#N)=C1Sc2c(OC(=O)c3ccc(OC(=O)c4ccc(OCCC(C)OC)cc4CO)cc3)ccc(OC(=O)c3ccc(OC(=O)c4ccc(OCCC(C)CO)cc4OC)cc3)c2S1. The minimum Gasteiger partial charge on any atom is -0.496 e. The Kier molecular flexibility index (Phi) is 17.6. The molecule has 68 heavy (non-hydrogen) atoms. The first-order chi connectivity index (χ1) is 32.9. The summed E-state index contributed by atoms with van der Waals surface area (Å²) in [7, 11) is 3.02. The summed E-state index contributed by atoms with van der Waals surface area (Å²) in [4.78, 5) is 57.0. The van der Waals surface area contributed by atoms with Crippen molar-refractivity contribution in [1.82, 2.24) is 0 Å². The third kappa shape index (κ3) is 12.8. The molecule has 6 rings (SSSR count). The molecule has 0 saturated heterocycles. The van der Waals surface area contributed by atoms with Gasteiger partial charge in [0, 0.05) is 26.2 Å². The van der Waals surface area contributed by atoms with Gasteiger partial charge in [0.05, 0.1) is 76.4 Å². The van der Waals surface area contributed by atoms with Crippen LogP contribution in [0.2, 0.25) is 0 Å². The number of aliphatic hydroxyl groups is 2. The number of allylic oxidation sites excluding steroid dienone is 1. The number of carbonyl (C=O) groups excluding carboxylic acids is 4. The fraction of sp³-hybridized carbons (Fsp3) is 0.240. The number of aliphatic hydroxyl groups excluding tert-OH is 2. The molecule has 0 radical (unpaired) electrons. The van der Waals surface area contributed by atoms with Gasteiger partial charge in [0.15, 0.2) is 0 Å². The standard InChI is InChI=1S/C50H44N2O14S2/c1-29(27-53)20-22-61-37-15-17-39(43(25-37)60-5)49(58)64-35-12-8-32(9-13-35)47(56)66-42-19-18-41(44-45(42)68-50(67-44)40(26-51)52-3)65-46(55)31-6-10-34(11-7-31)63-48(57)38-16-14-36(24-33(38)28-54)62-23-21-30(2)59-4/h6-19,24-25,29-30,53-54H,20-23,27-28H2,1-2,4-5H3. The Labute approximate surface area is 400 Å². The molecule has 0 aliphatic carbocycles. The summed E-state index contributed by atoms with van der Waals surface area (Å²) in [5.41, 5.74) is 0.551. The van der Waals surface area contributed by atoms with E-state index in [2.05, 4.69) is 4.85 Å². The molecular weight excluding hydrogens is 917 g/mol. The smallest absolute Gasteiger partial charge is 0.347 e. The maximum absolute atomic E-state index is 13.4. The highest BCUT2D eigenvalue weighted by Gasteiger charge is 2.31. The van der Waals surface area contributed by atoms with Crippen molar-refractivity contribution in [3.63, 3.8) is 0 Å². The highest BCUT2D eigenvalue weighted by Crippen LogP contribution is 2.59. The molecule has 0 aromatic heterocycles. The van der Waals surface area contributed by atoms with Crippen LogP contribution in [0.1, 0.15) is 73.7 Å². The number of thioether (sulfide) groups is 2. The third-order valence-corrected chi connectivity index (χ3v) is 12.7. The van der Waals surface area contributed by atoms with Crippen molar-refractivity contribution < 1.29 is 67.3 Å². The third-order valence-electron chi connectivity index (χ3n) is 10.1. The van der Waals surface area contributed by atoms with E-state index < -0.39 is 30.5 Å². The molecule has 2 atom stereocenters. The van der Waals surface area contributed by atoms with Crippen molar-refractivity contribution in [3.05, 3.63) is 146 Å². The number of nitriles is 1. The van der Waals surface area contributed by atoms with Crippen LogP contribution in [0.4, 0.5) is 0 Å². The van der Waals surface area contributed by atoms with Crippen molar-refractivity contribution in [1.29, 1.82) is 5.26 Å². The molecule has 18 heteroatoms. The average molecular weight is 961 g/mol. The summed E-state index contributed by atoms with van der Waals surface area (Å²) in [5.74, 6) is -1.39. The monoisotopic (exact) mass is 960 g/mol. The lowest BCUT2D eigenvalue weighted by Gasteiger charge is -2.13. The zero-order chi connectivity index (χ0) is 48.7. The first-order valence-corrected chi connectivity index (χ1v) is 22.5. The highest BCUT2D eigenvalue weighted by atomic mass is 32.2. The topological polar surface area (TPSA) is 211 Å². The van der Waals surface area contributed by atoms with E-state index in [1.807, 2.05) is 19.9 Å². The zero-order valence-electron chi connectivity index (χ0n) is 37.1. The maximum atomic E-state index is 13.4. The van der Waals surface area contributed by atoms with Crippen molar-refractivity contribution in [2.45, 2.75) is 49.2 Å². The molecule has 0 saturated carbocycles. The Balaban J connectivity index is 1.10. The van der Waals surface area contributed by atoms with Gasteiger partial charge in [0.1, 0.15) is 45.8 Å². The van der Waals surface area contributed by atoms with Crippen molar-refractivity contribution in [2.75, 3.05) is 34.0 Å². The molecule has 0 amide bonds. The van der Waals surface area contributed by atoms with E-state index >= 15 is 0 Å². The van der Waals surface area contributed by atoms with E-state index in [0.717, 1.165) is 23.5 Å². The number of rotatable bonds is 20. The molecule has 2 N–H and O–H groups in total. The lowest BCUT2D eigenvalue weighted by Crippen LogP contribution is -2.13. The first-order valence-electron chi connectivity index (χ1n) is 20.8. The van der Waals surface area contributed by atoms with E-state index in [-0.39, 0.29) is 79.6 Å². The van der Waals surface area contributed by atoms with Crippen LogP contribution in [0.15, 0.2) is 117 Å². The van der Waals surface area contributed by atoms with Crippen molar-refractivity contribution in [2.24, 2.45) is 5.92 Å². The molecule has 0 spiro atoms. The lowest BCUT2D eigenvalue weighted by atomic mass is 10.1. The van der Waals surface area contributed by atoms with E-state index in [4.69, 9.17) is 44.5 Å². The van der Waals surface area contributed by atoms with Crippen molar-refractivity contribution in [3.8, 4) is 46.3 Å². The second-order valence-corrected chi connectivity index (χ2v) is 17.1. The van der Waals surface area contributed by atoms with Crippen LogP contribution in [0.3, 0.4) is 0 Å². The summed E-state index contributed by atoms with van der Waals surface area (Å²) < 4.78 is 45.0. The van der Waals surface area contributed by atoms with Gasteiger partial charge in [-0.3, -0.25) is 0 Å². The Morgan fingerprint density at radius 3 is 1.63 bits per heavy atom. The zero-order valence-corrected chi connectivity index (χ0v) is 38.8. The Hall–Kier alpha value is -7.32. The van der Waals surface area contributed by atoms with Gasteiger partial charge in [-0.05, 0) is 116 Å². The van der Waals surface area contributed by atoms with E-state index in [0.29, 0.717) is 52.9 Å². The predicted octanol–water partition coefficient (Wildman–Crippen LogP) is 9.08. The molecule has 2 unspecified atom stereocenters. The number of hydrogen-bond acceptors (Lipinski definition) is 17. The summed E-state index contributed by atoms with van der Waals surface area (Å²) in [6.07, 6.45) is 1.30. The first kappa shape index (κ1) is 50.1. The van der Waals surface area contributed by atoms with Gasteiger partial charge >= 0.3 is 23.9 Å². The molecule has 5 aromatic carbocycles. The van der Waals surface area contributed by atoms with Gasteiger partial charge in [0.25, 0.3) is 5.70 Å². The van der Waals surface area contributed by atoms with Gasteiger partial charge in [-0.2, -0.15) is 0 Å². The second kappa shape index (κ2) is 23.9. The second-order valence-electron chi connectivity index (χ2n) is 14.8. The largest absolute Gasteiger partial charge is 0.496 e. The van der Waals surface area contributed by atoms with Gasteiger partial charge in [0.2, 0.25) is 0 Å². The Bertz CT molecular complexity index is 2600. The van der Waals surface area contributed by atoms with Gasteiger partial charge in [-0.25, -0.2) is 29.3 Å². The molecular formula is C50H44N2O14S2. The molecule has 16 nitrogen and oxygen atoms in total. The highest BCUT2D eigenvalue weighted by molar-refractivity contribution is 8.24. The lowest BCUT2D eigenvalue weighted by molar-refractivity contribution is 0.0709. The number of methoxy groups -OCH3 is 2. The number of nitrogens with zero attached hydrogens (tertiary/aromatic N) is 2. The fourth-order valence-corrected chi connectivity index (χ4v) is 8.58. The molecule has 0 fully saturated rings. The summed E-state index contributed by atoms with van der Waals surface area (Å²) in [6, 6.07) is 25.3.